The Kier molecular flexibility index (Phi) is 5.03. The van der Waals surface area contributed by atoms with Crippen LogP contribution >= 0.6 is 12.2 Å². The molecule has 0 aliphatic carbocycles. The van der Waals surface area contributed by atoms with Gasteiger partial charge in [-0.25, -0.2) is 0 Å². The Morgan fingerprint density at radius 2 is 1.80 bits per heavy atom. The summed E-state index contributed by atoms with van der Waals surface area (Å²) in [4.78, 5) is 11.3. The van der Waals surface area contributed by atoms with Crippen LogP contribution in [0.25, 0.3) is 0 Å². The van der Waals surface area contributed by atoms with Gasteiger partial charge in [0.15, 0.2) is 5.11 Å². The summed E-state index contributed by atoms with van der Waals surface area (Å²) in [6.07, 6.45) is 7.41. The molecule has 4 aromatic heterocycles. The first kappa shape index (κ1) is 18.6. The van der Waals surface area contributed by atoms with E-state index in [-0.39, 0.29) is 12.1 Å². The number of nitrogens with zero attached hydrogens (tertiary/aromatic N) is 4. The van der Waals surface area contributed by atoms with Crippen molar-refractivity contribution in [1.29, 1.82) is 0 Å². The predicted molar refractivity (Wildman–Crippen MR) is 117 cm³/mol. The molecule has 1 fully saturated rings. The van der Waals surface area contributed by atoms with Crippen LogP contribution in [0.4, 0.5) is 0 Å². The van der Waals surface area contributed by atoms with E-state index in [0.717, 1.165) is 22.8 Å². The van der Waals surface area contributed by atoms with Crippen LogP contribution in [0.15, 0.2) is 89.9 Å². The lowest BCUT2D eigenvalue weighted by Crippen LogP contribution is -2.30. The highest BCUT2D eigenvalue weighted by atomic mass is 32.1. The molecule has 4 aromatic rings. The van der Waals surface area contributed by atoms with Gasteiger partial charge in [0.25, 0.3) is 0 Å². The Morgan fingerprint density at radius 3 is 2.53 bits per heavy atom. The predicted octanol–water partition coefficient (Wildman–Crippen LogP) is 4.09. The number of nitrogens with one attached hydrogen (secondary N) is 1. The molecule has 5 heterocycles. The Balaban J connectivity index is 1.54. The molecule has 0 aromatic carbocycles. The van der Waals surface area contributed by atoms with E-state index in [4.69, 9.17) is 16.6 Å². The highest BCUT2D eigenvalue weighted by molar-refractivity contribution is 7.80. The van der Waals surface area contributed by atoms with Crippen LogP contribution < -0.4 is 5.32 Å². The number of pyridine rings is 2. The number of furan rings is 1. The van der Waals surface area contributed by atoms with E-state index in [1.54, 1.807) is 6.26 Å². The smallest absolute Gasteiger partial charge is 0.170 e. The van der Waals surface area contributed by atoms with Crippen molar-refractivity contribution >= 4 is 17.3 Å². The van der Waals surface area contributed by atoms with Crippen molar-refractivity contribution in [3.63, 3.8) is 0 Å². The quantitative estimate of drug-likeness (QED) is 0.479. The van der Waals surface area contributed by atoms with Crippen LogP contribution in [0.5, 0.6) is 0 Å². The zero-order chi connectivity index (χ0) is 20.3. The van der Waals surface area contributed by atoms with E-state index in [0.29, 0.717) is 18.2 Å². The molecule has 1 N–H and O–H groups in total. The van der Waals surface area contributed by atoms with Crippen LogP contribution in [-0.4, -0.2) is 24.5 Å². The van der Waals surface area contributed by atoms with E-state index in [9.17, 15) is 0 Å². The average molecular weight is 416 g/mol. The van der Waals surface area contributed by atoms with E-state index in [1.165, 1.54) is 0 Å². The van der Waals surface area contributed by atoms with Gasteiger partial charge in [0.1, 0.15) is 5.76 Å². The zero-order valence-electron chi connectivity index (χ0n) is 16.3. The third kappa shape index (κ3) is 3.59. The summed E-state index contributed by atoms with van der Waals surface area (Å²) < 4.78 is 7.79. The van der Waals surface area contributed by atoms with Crippen molar-refractivity contribution in [2.75, 3.05) is 0 Å². The third-order valence-electron chi connectivity index (χ3n) is 5.33. The summed E-state index contributed by atoms with van der Waals surface area (Å²) >= 11 is 5.76. The van der Waals surface area contributed by atoms with Crippen molar-refractivity contribution in [2.45, 2.75) is 25.2 Å². The van der Waals surface area contributed by atoms with Crippen molar-refractivity contribution in [3.05, 3.63) is 108 Å². The molecule has 0 spiro atoms. The molecule has 0 bridgehead atoms. The summed E-state index contributed by atoms with van der Waals surface area (Å²) in [7, 11) is 0. The van der Waals surface area contributed by atoms with Crippen LogP contribution in [0.3, 0.4) is 0 Å². The van der Waals surface area contributed by atoms with E-state index in [2.05, 4.69) is 43.1 Å². The summed E-state index contributed by atoms with van der Waals surface area (Å²) in [6, 6.07) is 19.9. The van der Waals surface area contributed by atoms with Crippen molar-refractivity contribution in [2.24, 2.45) is 0 Å². The Bertz CT molecular complexity index is 1110. The molecule has 1 saturated heterocycles. The van der Waals surface area contributed by atoms with Gasteiger partial charge in [0, 0.05) is 24.3 Å². The van der Waals surface area contributed by atoms with Crippen LogP contribution in [0.2, 0.25) is 0 Å². The fourth-order valence-corrected chi connectivity index (χ4v) is 4.28. The maximum absolute atomic E-state index is 5.76. The molecular weight excluding hydrogens is 394 g/mol. The van der Waals surface area contributed by atoms with E-state index in [1.807, 2.05) is 60.9 Å². The van der Waals surface area contributed by atoms with Crippen LogP contribution in [0.1, 0.15) is 34.9 Å². The lowest BCUT2D eigenvalue weighted by molar-refractivity contribution is 0.294. The number of thiocarbonyl (C=S) groups is 1. The highest BCUT2D eigenvalue weighted by Gasteiger charge is 2.41. The molecule has 7 heteroatoms. The molecule has 1 aliphatic heterocycles. The molecule has 0 amide bonds. The van der Waals surface area contributed by atoms with Crippen molar-refractivity contribution < 1.29 is 4.42 Å². The average Bonchev–Trinajstić information content (AvgIpc) is 3.52. The molecular formula is C23H21N5OS. The van der Waals surface area contributed by atoms with E-state index >= 15 is 0 Å². The van der Waals surface area contributed by atoms with Gasteiger partial charge < -0.3 is 19.2 Å². The molecule has 6 nitrogen and oxygen atoms in total. The molecule has 0 unspecified atom stereocenters. The van der Waals surface area contributed by atoms with Crippen LogP contribution in [0, 0.1) is 0 Å². The summed E-state index contributed by atoms with van der Waals surface area (Å²) in [6.45, 7) is 1.28. The third-order valence-corrected chi connectivity index (χ3v) is 5.68. The highest BCUT2D eigenvalue weighted by Crippen LogP contribution is 2.39. The van der Waals surface area contributed by atoms with Gasteiger partial charge in [0.2, 0.25) is 0 Å². The lowest BCUT2D eigenvalue weighted by atomic mass is 10.0. The van der Waals surface area contributed by atoms with Gasteiger partial charge in [-0.2, -0.15) is 0 Å². The first-order valence-corrected chi connectivity index (χ1v) is 10.3. The Hall–Kier alpha value is -3.45. The maximum atomic E-state index is 5.76. The normalized spacial score (nSPS) is 18.5. The molecule has 1 aliphatic rings. The fourth-order valence-electron chi connectivity index (χ4n) is 3.97. The van der Waals surface area contributed by atoms with Crippen LogP contribution in [-0.2, 0) is 13.1 Å². The molecule has 2 atom stereocenters. The standard InChI is InChI=1S/C23H21N5OS/c30-23-26-21(19-9-2-4-12-25-19)22(28(23)15-17-7-1-3-11-24-17)20-10-5-13-27(20)16-18-8-6-14-29-18/h1-14,21-22H,15-16H2,(H,26,30)/t21-,22-/m0/s1. The van der Waals surface area contributed by atoms with Crippen molar-refractivity contribution in [1.82, 2.24) is 24.8 Å². The monoisotopic (exact) mass is 415 g/mol. The first-order valence-electron chi connectivity index (χ1n) is 9.85. The minimum atomic E-state index is -0.0623. The number of rotatable bonds is 6. The molecule has 5 rings (SSSR count). The summed E-state index contributed by atoms with van der Waals surface area (Å²) in [5, 5.41) is 4.20. The number of aromatic nitrogens is 3. The van der Waals surface area contributed by atoms with E-state index < -0.39 is 0 Å². The Morgan fingerprint density at radius 1 is 0.933 bits per heavy atom. The minimum Gasteiger partial charge on any atom is -0.467 e. The molecule has 30 heavy (non-hydrogen) atoms. The molecule has 0 radical (unpaired) electrons. The topological polar surface area (TPSA) is 59.1 Å². The molecule has 150 valence electrons. The second kappa shape index (κ2) is 8.12. The summed E-state index contributed by atoms with van der Waals surface area (Å²) in [5.74, 6) is 0.909. The van der Waals surface area contributed by atoms with Crippen molar-refractivity contribution in [3.8, 4) is 0 Å². The number of hydrogen-bond donors (Lipinski definition) is 1. The van der Waals surface area contributed by atoms with Gasteiger partial charge in [-0.1, -0.05) is 12.1 Å². The fraction of sp³-hybridized carbons (Fsp3) is 0.174. The second-order valence-corrected chi connectivity index (χ2v) is 7.60. The van der Waals surface area contributed by atoms with Gasteiger partial charge in [-0.05, 0) is 60.7 Å². The van der Waals surface area contributed by atoms with Gasteiger partial charge in [0.05, 0.1) is 42.8 Å². The Labute approximate surface area is 180 Å². The SMILES string of the molecule is S=C1N[C@@H](c2ccccn2)[C@H](c2cccn2Cc2ccco2)N1Cc1ccccn1. The minimum absolute atomic E-state index is 0.0284. The largest absolute Gasteiger partial charge is 0.467 e. The van der Waals surface area contributed by atoms with Gasteiger partial charge in [-0.15, -0.1) is 0 Å². The second-order valence-electron chi connectivity index (χ2n) is 7.22. The summed E-state index contributed by atoms with van der Waals surface area (Å²) in [5.41, 5.74) is 3.07. The molecule has 0 saturated carbocycles. The lowest BCUT2D eigenvalue weighted by Gasteiger charge is -2.28. The zero-order valence-corrected chi connectivity index (χ0v) is 17.1. The van der Waals surface area contributed by atoms with Gasteiger partial charge >= 0.3 is 0 Å². The number of hydrogen-bond acceptors (Lipinski definition) is 4. The van der Waals surface area contributed by atoms with Gasteiger partial charge in [-0.3, -0.25) is 9.97 Å². The first-order chi connectivity index (χ1) is 14.8. The maximum Gasteiger partial charge on any atom is 0.170 e.